The van der Waals surface area contributed by atoms with Gasteiger partial charge in [0.15, 0.2) is 6.10 Å². The molecule has 1 N–H and O–H groups in total. The fraction of sp³-hybridized carbons (Fsp3) is 0.500. The molecule has 0 aliphatic carbocycles. The molecule has 1 aliphatic heterocycles. The SMILES string of the molecule is CCc1ccc(CCOc2ccc(-c3cnc(C)c([C@H](OC(C)(C)C)C(=O)O)c3N3CCC(C)(C)CC3)nc2)cc1. The highest BCUT2D eigenvalue weighted by Gasteiger charge is 2.36. The van der Waals surface area contributed by atoms with E-state index in [2.05, 4.69) is 54.9 Å². The van der Waals surface area contributed by atoms with E-state index in [1.54, 1.807) is 6.20 Å². The Bertz CT molecular complexity index is 1320. The van der Waals surface area contributed by atoms with Gasteiger partial charge in [-0.2, -0.15) is 0 Å². The molecule has 3 heterocycles. The van der Waals surface area contributed by atoms with E-state index < -0.39 is 17.7 Å². The zero-order chi connectivity index (χ0) is 29.8. The van der Waals surface area contributed by atoms with Gasteiger partial charge < -0.3 is 19.5 Å². The first kappa shape index (κ1) is 30.5. The quantitative estimate of drug-likeness (QED) is 0.281. The van der Waals surface area contributed by atoms with Crippen LogP contribution >= 0.6 is 0 Å². The smallest absolute Gasteiger partial charge is 0.337 e. The Morgan fingerprint density at radius 2 is 1.68 bits per heavy atom. The molecule has 1 fully saturated rings. The summed E-state index contributed by atoms with van der Waals surface area (Å²) in [6, 6.07) is 12.5. The molecule has 1 saturated heterocycles. The van der Waals surface area contributed by atoms with Crippen molar-refractivity contribution in [2.75, 3.05) is 24.6 Å². The minimum absolute atomic E-state index is 0.238. The summed E-state index contributed by atoms with van der Waals surface area (Å²) in [6.07, 6.45) is 6.26. The number of carbonyl (C=O) groups is 1. The first-order chi connectivity index (χ1) is 19.4. The van der Waals surface area contributed by atoms with Crippen molar-refractivity contribution in [1.29, 1.82) is 0 Å². The monoisotopic (exact) mass is 559 g/mol. The Hall–Kier alpha value is -3.45. The van der Waals surface area contributed by atoms with E-state index in [1.807, 2.05) is 46.0 Å². The van der Waals surface area contributed by atoms with Crippen molar-refractivity contribution in [2.45, 2.75) is 85.9 Å². The number of ether oxygens (including phenoxy) is 2. The van der Waals surface area contributed by atoms with Crippen LogP contribution in [0.25, 0.3) is 11.3 Å². The molecule has 1 atom stereocenters. The summed E-state index contributed by atoms with van der Waals surface area (Å²) >= 11 is 0. The first-order valence-corrected chi connectivity index (χ1v) is 14.7. The van der Waals surface area contributed by atoms with Crippen LogP contribution in [0.1, 0.15) is 82.9 Å². The molecule has 4 rings (SSSR count). The number of pyridine rings is 2. The number of hydrogen-bond acceptors (Lipinski definition) is 6. The Balaban J connectivity index is 1.64. The number of carboxylic acids is 1. The molecular weight excluding hydrogens is 514 g/mol. The summed E-state index contributed by atoms with van der Waals surface area (Å²) in [5.41, 5.74) is 5.78. The topological polar surface area (TPSA) is 84.8 Å². The molecule has 0 spiro atoms. The summed E-state index contributed by atoms with van der Waals surface area (Å²) in [5, 5.41) is 10.3. The number of hydrogen-bond donors (Lipinski definition) is 1. The highest BCUT2D eigenvalue weighted by molar-refractivity contribution is 5.85. The van der Waals surface area contributed by atoms with E-state index in [1.165, 1.54) is 11.1 Å². The van der Waals surface area contributed by atoms with Gasteiger partial charge in [0.05, 0.1) is 29.8 Å². The Kier molecular flexibility index (Phi) is 9.37. The number of benzene rings is 1. The van der Waals surface area contributed by atoms with Crippen LogP contribution < -0.4 is 9.64 Å². The summed E-state index contributed by atoms with van der Waals surface area (Å²) < 4.78 is 12.1. The second-order valence-corrected chi connectivity index (χ2v) is 12.8. The molecule has 41 heavy (non-hydrogen) atoms. The van der Waals surface area contributed by atoms with Gasteiger partial charge in [0.25, 0.3) is 0 Å². The largest absolute Gasteiger partial charge is 0.492 e. The highest BCUT2D eigenvalue weighted by Crippen LogP contribution is 2.43. The summed E-state index contributed by atoms with van der Waals surface area (Å²) in [5.74, 6) is -0.332. The van der Waals surface area contributed by atoms with Crippen LogP contribution in [-0.2, 0) is 22.4 Å². The second kappa shape index (κ2) is 12.6. The lowest BCUT2D eigenvalue weighted by Crippen LogP contribution is -2.39. The van der Waals surface area contributed by atoms with E-state index >= 15 is 0 Å². The number of piperidine rings is 1. The third-order valence-electron chi connectivity index (χ3n) is 7.78. The lowest BCUT2D eigenvalue weighted by molar-refractivity contribution is -0.160. The zero-order valence-electron chi connectivity index (χ0n) is 25.7. The lowest BCUT2D eigenvalue weighted by Gasteiger charge is -2.40. The molecule has 0 unspecified atom stereocenters. The molecule has 3 aromatic rings. The number of nitrogens with zero attached hydrogens (tertiary/aromatic N) is 3. The maximum Gasteiger partial charge on any atom is 0.337 e. The molecule has 1 aromatic carbocycles. The van der Waals surface area contributed by atoms with Gasteiger partial charge in [-0.05, 0) is 75.6 Å². The van der Waals surface area contributed by atoms with Crippen molar-refractivity contribution in [3.8, 4) is 17.0 Å². The van der Waals surface area contributed by atoms with E-state index in [-0.39, 0.29) is 5.41 Å². The van der Waals surface area contributed by atoms with Crippen LogP contribution in [0.5, 0.6) is 5.75 Å². The molecule has 2 aromatic heterocycles. The van der Waals surface area contributed by atoms with Gasteiger partial charge >= 0.3 is 5.97 Å². The van der Waals surface area contributed by atoms with Crippen LogP contribution in [0.3, 0.4) is 0 Å². The van der Waals surface area contributed by atoms with E-state index in [0.29, 0.717) is 23.6 Å². The number of aliphatic carboxylic acids is 1. The standard InChI is InChI=1S/C34H45N3O4/c1-8-24-9-11-25(12-10-24)15-20-40-26-13-14-28(36-21-26)27-22-35-23(2)29(31(32(38)39)41-33(3,4)5)30(27)37-18-16-34(6,7)17-19-37/h9-14,21-22,31H,8,15-20H2,1-7H3,(H,38,39)/t31-/m0/s1. The van der Waals surface area contributed by atoms with Gasteiger partial charge in [-0.3, -0.25) is 9.97 Å². The number of aromatic nitrogens is 2. The molecular formula is C34H45N3O4. The van der Waals surface area contributed by atoms with Gasteiger partial charge in [0, 0.05) is 42.5 Å². The Morgan fingerprint density at radius 1 is 1.02 bits per heavy atom. The van der Waals surface area contributed by atoms with Crippen molar-refractivity contribution < 1.29 is 19.4 Å². The maximum absolute atomic E-state index is 12.6. The molecule has 0 amide bonds. The van der Waals surface area contributed by atoms with Crippen LogP contribution in [0.15, 0.2) is 48.8 Å². The van der Waals surface area contributed by atoms with Crippen molar-refractivity contribution in [1.82, 2.24) is 9.97 Å². The van der Waals surface area contributed by atoms with Crippen LogP contribution in [0, 0.1) is 12.3 Å². The predicted octanol–water partition coefficient (Wildman–Crippen LogP) is 7.20. The van der Waals surface area contributed by atoms with Crippen molar-refractivity contribution >= 4 is 11.7 Å². The third kappa shape index (κ3) is 7.85. The number of rotatable bonds is 10. The van der Waals surface area contributed by atoms with E-state index in [4.69, 9.17) is 14.5 Å². The second-order valence-electron chi connectivity index (χ2n) is 12.8. The van der Waals surface area contributed by atoms with Crippen molar-refractivity contribution in [3.05, 3.63) is 71.2 Å². The van der Waals surface area contributed by atoms with Crippen LogP contribution in [0.4, 0.5) is 5.69 Å². The summed E-state index contributed by atoms with van der Waals surface area (Å²) in [4.78, 5) is 24.3. The summed E-state index contributed by atoms with van der Waals surface area (Å²) in [6.45, 7) is 16.4. The zero-order valence-corrected chi connectivity index (χ0v) is 25.7. The number of carboxylic acid groups (broad SMARTS) is 1. The number of aryl methyl sites for hydroxylation is 2. The molecule has 0 bridgehead atoms. The fourth-order valence-electron chi connectivity index (χ4n) is 5.23. The van der Waals surface area contributed by atoms with E-state index in [9.17, 15) is 9.90 Å². The van der Waals surface area contributed by atoms with Gasteiger partial charge in [-0.15, -0.1) is 0 Å². The third-order valence-corrected chi connectivity index (χ3v) is 7.78. The van der Waals surface area contributed by atoms with Crippen LogP contribution in [0.2, 0.25) is 0 Å². The van der Waals surface area contributed by atoms with Gasteiger partial charge in [-0.25, -0.2) is 4.79 Å². The van der Waals surface area contributed by atoms with E-state index in [0.717, 1.165) is 55.7 Å². The maximum atomic E-state index is 12.6. The average molecular weight is 560 g/mol. The molecule has 7 nitrogen and oxygen atoms in total. The molecule has 0 saturated carbocycles. The van der Waals surface area contributed by atoms with Gasteiger partial charge in [-0.1, -0.05) is 45.0 Å². The highest BCUT2D eigenvalue weighted by atomic mass is 16.5. The fourth-order valence-corrected chi connectivity index (χ4v) is 5.23. The lowest BCUT2D eigenvalue weighted by atomic mass is 9.82. The predicted molar refractivity (Wildman–Crippen MR) is 164 cm³/mol. The average Bonchev–Trinajstić information content (AvgIpc) is 2.92. The van der Waals surface area contributed by atoms with Crippen molar-refractivity contribution in [3.63, 3.8) is 0 Å². The normalized spacial score (nSPS) is 15.9. The molecule has 7 heteroatoms. The summed E-state index contributed by atoms with van der Waals surface area (Å²) in [7, 11) is 0. The van der Waals surface area contributed by atoms with Gasteiger partial charge in [0.1, 0.15) is 5.75 Å². The van der Waals surface area contributed by atoms with Crippen molar-refractivity contribution in [2.24, 2.45) is 5.41 Å². The molecule has 220 valence electrons. The first-order valence-electron chi connectivity index (χ1n) is 14.7. The Labute approximate surface area is 244 Å². The number of anilines is 1. The van der Waals surface area contributed by atoms with Gasteiger partial charge in [0.2, 0.25) is 0 Å². The minimum Gasteiger partial charge on any atom is -0.492 e. The molecule has 0 radical (unpaired) electrons. The molecule has 1 aliphatic rings. The minimum atomic E-state index is -1.15. The van der Waals surface area contributed by atoms with Crippen LogP contribution in [-0.4, -0.2) is 46.3 Å². The Morgan fingerprint density at radius 3 is 2.24 bits per heavy atom.